The molecule has 0 saturated heterocycles. The Hall–Kier alpha value is -1.55. The molecule has 1 saturated carbocycles. The van der Waals surface area contributed by atoms with Crippen molar-refractivity contribution in [3.8, 4) is 5.75 Å². The van der Waals surface area contributed by atoms with Gasteiger partial charge in [0.05, 0.1) is 5.41 Å². The van der Waals surface area contributed by atoms with Crippen LogP contribution in [0.4, 0.5) is 0 Å². The number of carboxylic acid groups (broad SMARTS) is 1. The van der Waals surface area contributed by atoms with Gasteiger partial charge >= 0.3 is 5.97 Å². The first kappa shape index (κ1) is 16.8. The molecular weight excluding hydrogens is 278 g/mol. The number of ether oxygens (including phenoxy) is 1. The van der Waals surface area contributed by atoms with Crippen LogP contribution in [0.15, 0.2) is 18.2 Å². The molecule has 1 heterocycles. The first-order valence-electron chi connectivity index (χ1n) is 8.28. The van der Waals surface area contributed by atoms with Crippen molar-refractivity contribution in [2.24, 2.45) is 5.41 Å². The first-order valence-corrected chi connectivity index (χ1v) is 8.28. The molecule has 1 aromatic rings. The maximum absolute atomic E-state index is 11.3. The Balaban J connectivity index is 0.000000847. The Labute approximate surface area is 132 Å². The van der Waals surface area contributed by atoms with Gasteiger partial charge in [-0.15, -0.1) is 0 Å². The Kier molecular flexibility index (Phi) is 5.46. The van der Waals surface area contributed by atoms with E-state index in [2.05, 4.69) is 30.4 Å². The normalized spacial score (nSPS) is 21.5. The zero-order valence-electron chi connectivity index (χ0n) is 13.8. The summed E-state index contributed by atoms with van der Waals surface area (Å²) in [6, 6.07) is 6.47. The maximum Gasteiger partial charge on any atom is 0.310 e. The molecule has 0 spiro atoms. The predicted molar refractivity (Wildman–Crippen MR) is 87.4 cm³/mol. The second kappa shape index (κ2) is 7.14. The lowest BCUT2D eigenvalue weighted by Gasteiger charge is -2.39. The van der Waals surface area contributed by atoms with Gasteiger partial charge in [-0.25, -0.2) is 0 Å². The third-order valence-corrected chi connectivity index (χ3v) is 4.62. The molecule has 2 N–H and O–H groups in total. The number of rotatable bonds is 4. The van der Waals surface area contributed by atoms with Crippen LogP contribution in [0.5, 0.6) is 5.75 Å². The first-order chi connectivity index (χ1) is 10.6. The topological polar surface area (TPSA) is 58.6 Å². The summed E-state index contributed by atoms with van der Waals surface area (Å²) >= 11 is 0. The lowest BCUT2D eigenvalue weighted by molar-refractivity contribution is -0.154. The van der Waals surface area contributed by atoms with E-state index in [1.54, 1.807) is 0 Å². The molecule has 1 unspecified atom stereocenters. The molecule has 22 heavy (non-hydrogen) atoms. The van der Waals surface area contributed by atoms with Crippen LogP contribution in [0.3, 0.4) is 0 Å². The van der Waals surface area contributed by atoms with E-state index in [0.29, 0.717) is 13.2 Å². The highest BCUT2D eigenvalue weighted by atomic mass is 16.5. The summed E-state index contributed by atoms with van der Waals surface area (Å²) in [5.74, 6) is 0.309. The summed E-state index contributed by atoms with van der Waals surface area (Å²) in [5, 5.41) is 12.7. The molecule has 4 nitrogen and oxygen atoms in total. The fourth-order valence-corrected chi connectivity index (χ4v) is 3.02. The molecule has 122 valence electrons. The Morgan fingerprint density at radius 1 is 1.41 bits per heavy atom. The maximum atomic E-state index is 11.3. The molecule has 0 radical (unpaired) electrons. The van der Waals surface area contributed by atoms with Crippen molar-refractivity contribution < 1.29 is 14.6 Å². The summed E-state index contributed by atoms with van der Waals surface area (Å²) < 4.78 is 5.78. The second-order valence-electron chi connectivity index (χ2n) is 6.14. The zero-order valence-corrected chi connectivity index (χ0v) is 13.8. The minimum Gasteiger partial charge on any atom is -0.492 e. The van der Waals surface area contributed by atoms with Crippen LogP contribution in [-0.4, -0.2) is 30.3 Å². The van der Waals surface area contributed by atoms with Gasteiger partial charge in [0, 0.05) is 12.6 Å². The summed E-state index contributed by atoms with van der Waals surface area (Å²) in [4.78, 5) is 11.3. The Bertz CT molecular complexity index is 523. The number of carbonyl (C=O) groups is 1. The molecule has 1 aromatic carbocycles. The minimum absolute atomic E-state index is 0.210. The number of aryl methyl sites for hydroxylation is 1. The van der Waals surface area contributed by atoms with E-state index in [1.165, 1.54) is 11.1 Å². The fourth-order valence-electron chi connectivity index (χ4n) is 3.02. The van der Waals surface area contributed by atoms with Crippen LogP contribution in [-0.2, 0) is 11.2 Å². The standard InChI is InChI=1S/C16H21NO3.C2H6/c1-11-3-4-12-8-13(9-20-14(12)7-11)17-10-16(15(18)19)5-2-6-16;1-2/h3-4,7,13,17H,2,5-6,8-10H2,1H3,(H,18,19);1-2H3. The van der Waals surface area contributed by atoms with Gasteiger partial charge in [0.25, 0.3) is 0 Å². The molecule has 4 heteroatoms. The van der Waals surface area contributed by atoms with E-state index in [-0.39, 0.29) is 6.04 Å². The molecule has 1 aliphatic heterocycles. The van der Waals surface area contributed by atoms with Crippen LogP contribution < -0.4 is 10.1 Å². The van der Waals surface area contributed by atoms with E-state index in [4.69, 9.17) is 4.74 Å². The SMILES string of the molecule is CC.Cc1ccc2c(c1)OCC(NCC1(C(=O)O)CCC1)C2. The minimum atomic E-state index is -0.663. The second-order valence-corrected chi connectivity index (χ2v) is 6.14. The highest BCUT2D eigenvalue weighted by Crippen LogP contribution is 2.40. The zero-order chi connectivity index (χ0) is 16.2. The molecule has 1 fully saturated rings. The van der Waals surface area contributed by atoms with Crippen LogP contribution in [0, 0.1) is 12.3 Å². The van der Waals surface area contributed by atoms with Crippen molar-refractivity contribution >= 4 is 5.97 Å². The number of benzene rings is 1. The lowest BCUT2D eigenvalue weighted by atomic mass is 9.68. The average molecular weight is 305 g/mol. The van der Waals surface area contributed by atoms with Gasteiger partial charge in [-0.3, -0.25) is 4.79 Å². The summed E-state index contributed by atoms with van der Waals surface area (Å²) in [5.41, 5.74) is 1.87. The number of carboxylic acids is 1. The third kappa shape index (κ3) is 3.43. The highest BCUT2D eigenvalue weighted by Gasteiger charge is 2.44. The van der Waals surface area contributed by atoms with E-state index < -0.39 is 11.4 Å². The Morgan fingerprint density at radius 2 is 2.14 bits per heavy atom. The van der Waals surface area contributed by atoms with E-state index >= 15 is 0 Å². The quantitative estimate of drug-likeness (QED) is 0.897. The van der Waals surface area contributed by atoms with Crippen LogP contribution in [0.1, 0.15) is 44.2 Å². The predicted octanol–water partition coefficient (Wildman–Crippen LogP) is 3.17. The van der Waals surface area contributed by atoms with Crippen LogP contribution >= 0.6 is 0 Å². The van der Waals surface area contributed by atoms with Gasteiger partial charge < -0.3 is 15.2 Å². The molecule has 0 bridgehead atoms. The molecule has 0 amide bonds. The van der Waals surface area contributed by atoms with Crippen molar-refractivity contribution in [1.29, 1.82) is 0 Å². The van der Waals surface area contributed by atoms with Crippen molar-refractivity contribution in [1.82, 2.24) is 5.32 Å². The summed E-state index contributed by atoms with van der Waals surface area (Å²) in [6.07, 6.45) is 3.51. The molecule has 1 atom stereocenters. The van der Waals surface area contributed by atoms with Gasteiger partial charge in [-0.1, -0.05) is 32.4 Å². The monoisotopic (exact) mass is 305 g/mol. The van der Waals surface area contributed by atoms with Gasteiger partial charge in [-0.2, -0.15) is 0 Å². The van der Waals surface area contributed by atoms with Crippen molar-refractivity contribution in [2.75, 3.05) is 13.2 Å². The van der Waals surface area contributed by atoms with Crippen molar-refractivity contribution in [3.05, 3.63) is 29.3 Å². The van der Waals surface area contributed by atoms with E-state index in [1.807, 2.05) is 13.8 Å². The lowest BCUT2D eigenvalue weighted by Crippen LogP contribution is -2.51. The highest BCUT2D eigenvalue weighted by molar-refractivity contribution is 5.76. The number of hydrogen-bond donors (Lipinski definition) is 2. The number of nitrogens with one attached hydrogen (secondary N) is 1. The number of hydrogen-bond acceptors (Lipinski definition) is 3. The largest absolute Gasteiger partial charge is 0.492 e. The molecular formula is C18H27NO3. The van der Waals surface area contributed by atoms with Gasteiger partial charge in [0.1, 0.15) is 12.4 Å². The molecule has 2 aliphatic rings. The number of fused-ring (bicyclic) bond motifs is 1. The summed E-state index contributed by atoms with van der Waals surface area (Å²) in [7, 11) is 0. The fraction of sp³-hybridized carbons (Fsp3) is 0.611. The van der Waals surface area contributed by atoms with Crippen molar-refractivity contribution in [2.45, 2.75) is 52.5 Å². The third-order valence-electron chi connectivity index (χ3n) is 4.62. The van der Waals surface area contributed by atoms with E-state index in [0.717, 1.165) is 31.4 Å². The number of aliphatic carboxylic acids is 1. The van der Waals surface area contributed by atoms with Gasteiger partial charge in [0.15, 0.2) is 0 Å². The smallest absolute Gasteiger partial charge is 0.310 e. The Morgan fingerprint density at radius 3 is 2.73 bits per heavy atom. The molecule has 0 aromatic heterocycles. The van der Waals surface area contributed by atoms with Gasteiger partial charge in [0.2, 0.25) is 0 Å². The summed E-state index contributed by atoms with van der Waals surface area (Å²) in [6.45, 7) is 7.23. The molecule has 3 rings (SSSR count). The molecule has 1 aliphatic carbocycles. The van der Waals surface area contributed by atoms with Crippen LogP contribution in [0.2, 0.25) is 0 Å². The van der Waals surface area contributed by atoms with Crippen molar-refractivity contribution in [3.63, 3.8) is 0 Å². The van der Waals surface area contributed by atoms with Gasteiger partial charge in [-0.05, 0) is 43.4 Å². The van der Waals surface area contributed by atoms with Crippen LogP contribution in [0.25, 0.3) is 0 Å². The average Bonchev–Trinajstić information content (AvgIpc) is 2.48. The van der Waals surface area contributed by atoms with E-state index in [9.17, 15) is 9.90 Å².